The number of carbonyl (C=O) groups excluding carboxylic acids is 1. The first-order valence-electron chi connectivity index (χ1n) is 7.10. The molecular weight excluding hydrogens is 270 g/mol. The first-order valence-corrected chi connectivity index (χ1v) is 7.10. The monoisotopic (exact) mass is 295 g/mol. The molecule has 5 nitrogen and oxygen atoms in total. The number of para-hydroxylation sites is 1. The van der Waals surface area contributed by atoms with E-state index in [1.165, 1.54) is 7.11 Å². The fourth-order valence-electron chi connectivity index (χ4n) is 2.19. The molecule has 0 saturated heterocycles. The number of rotatable bonds is 8. The largest absolute Gasteiger partial charge is 0.493 e. The predicted octanol–water partition coefficient (Wildman–Crippen LogP) is 2.38. The van der Waals surface area contributed by atoms with E-state index in [1.807, 2.05) is 25.1 Å². The Balaban J connectivity index is 2.87. The fourth-order valence-corrected chi connectivity index (χ4v) is 2.19. The van der Waals surface area contributed by atoms with Crippen molar-refractivity contribution >= 4 is 5.97 Å². The highest BCUT2D eigenvalue weighted by Gasteiger charge is 2.24. The van der Waals surface area contributed by atoms with Crippen LogP contribution in [0, 0.1) is 5.92 Å². The molecule has 2 unspecified atom stereocenters. The van der Waals surface area contributed by atoms with Crippen LogP contribution in [0.2, 0.25) is 0 Å². The Kier molecular flexibility index (Phi) is 7.02. The lowest BCUT2D eigenvalue weighted by Crippen LogP contribution is -2.42. The normalized spacial score (nSPS) is 13.4. The SMILES string of the molecule is CCC(C)C(NCc1cccc(OC)c1OC)C(=O)OC. The molecule has 1 N–H and O–H groups in total. The maximum atomic E-state index is 11.9. The van der Waals surface area contributed by atoms with Crippen LogP contribution in [-0.4, -0.2) is 33.3 Å². The molecule has 1 rings (SSSR count). The van der Waals surface area contributed by atoms with Gasteiger partial charge >= 0.3 is 5.97 Å². The van der Waals surface area contributed by atoms with E-state index < -0.39 is 0 Å². The van der Waals surface area contributed by atoms with E-state index in [4.69, 9.17) is 14.2 Å². The van der Waals surface area contributed by atoms with Gasteiger partial charge in [0.1, 0.15) is 6.04 Å². The van der Waals surface area contributed by atoms with Crippen LogP contribution in [0.3, 0.4) is 0 Å². The first-order chi connectivity index (χ1) is 10.1. The minimum atomic E-state index is -0.337. The summed E-state index contributed by atoms with van der Waals surface area (Å²) in [5.41, 5.74) is 0.939. The summed E-state index contributed by atoms with van der Waals surface area (Å²) in [6, 6.07) is 5.35. The average molecular weight is 295 g/mol. The average Bonchev–Trinajstić information content (AvgIpc) is 2.53. The molecular formula is C16H25NO4. The molecule has 0 fully saturated rings. The van der Waals surface area contributed by atoms with Crippen molar-refractivity contribution in [2.45, 2.75) is 32.9 Å². The van der Waals surface area contributed by atoms with Gasteiger partial charge in [-0.2, -0.15) is 0 Å². The molecule has 0 radical (unpaired) electrons. The summed E-state index contributed by atoms with van der Waals surface area (Å²) >= 11 is 0. The lowest BCUT2D eigenvalue weighted by Gasteiger charge is -2.22. The van der Waals surface area contributed by atoms with E-state index in [2.05, 4.69) is 12.2 Å². The van der Waals surface area contributed by atoms with Gasteiger partial charge in [-0.1, -0.05) is 32.4 Å². The molecule has 5 heteroatoms. The number of ether oxygens (including phenoxy) is 3. The molecule has 0 aliphatic rings. The van der Waals surface area contributed by atoms with E-state index in [1.54, 1.807) is 14.2 Å². The zero-order valence-corrected chi connectivity index (χ0v) is 13.4. The van der Waals surface area contributed by atoms with Gasteiger partial charge in [0.25, 0.3) is 0 Å². The standard InChI is InChI=1S/C16H25NO4/c1-6-11(2)14(16(18)21-5)17-10-12-8-7-9-13(19-3)15(12)20-4/h7-9,11,14,17H,6,10H2,1-5H3. The second kappa shape index (κ2) is 8.52. The minimum absolute atomic E-state index is 0.189. The number of methoxy groups -OCH3 is 3. The van der Waals surface area contributed by atoms with Gasteiger partial charge in [-0.25, -0.2) is 0 Å². The van der Waals surface area contributed by atoms with E-state index in [0.29, 0.717) is 18.0 Å². The van der Waals surface area contributed by atoms with Crippen LogP contribution in [0.4, 0.5) is 0 Å². The molecule has 0 aliphatic carbocycles. The molecule has 0 saturated carbocycles. The van der Waals surface area contributed by atoms with Gasteiger partial charge in [-0.15, -0.1) is 0 Å². The highest BCUT2D eigenvalue weighted by Crippen LogP contribution is 2.30. The highest BCUT2D eigenvalue weighted by atomic mass is 16.5. The molecule has 0 amide bonds. The number of benzene rings is 1. The maximum absolute atomic E-state index is 11.9. The van der Waals surface area contributed by atoms with Gasteiger partial charge in [0.05, 0.1) is 21.3 Å². The molecule has 0 heterocycles. The first kappa shape index (κ1) is 17.3. The summed E-state index contributed by atoms with van der Waals surface area (Å²) in [7, 11) is 4.62. The molecule has 1 aromatic carbocycles. The van der Waals surface area contributed by atoms with Gasteiger partial charge in [-0.05, 0) is 12.0 Å². The zero-order valence-electron chi connectivity index (χ0n) is 13.4. The summed E-state index contributed by atoms with van der Waals surface area (Å²) in [4.78, 5) is 11.9. The summed E-state index contributed by atoms with van der Waals surface area (Å²) in [6.07, 6.45) is 0.891. The summed E-state index contributed by atoms with van der Waals surface area (Å²) in [5.74, 6) is 1.30. The number of carbonyl (C=O) groups is 1. The number of esters is 1. The van der Waals surface area contributed by atoms with Crippen molar-refractivity contribution in [3.8, 4) is 11.5 Å². The lowest BCUT2D eigenvalue weighted by atomic mass is 9.99. The quantitative estimate of drug-likeness (QED) is 0.746. The van der Waals surface area contributed by atoms with Crippen LogP contribution >= 0.6 is 0 Å². The number of hydrogen-bond donors (Lipinski definition) is 1. The topological polar surface area (TPSA) is 56.8 Å². The highest BCUT2D eigenvalue weighted by molar-refractivity contribution is 5.76. The third-order valence-corrected chi connectivity index (χ3v) is 3.67. The summed E-state index contributed by atoms with van der Waals surface area (Å²) in [5, 5.41) is 3.25. The Morgan fingerprint density at radius 1 is 1.24 bits per heavy atom. The van der Waals surface area contributed by atoms with Crippen LogP contribution in [-0.2, 0) is 16.1 Å². The Bertz CT molecular complexity index is 462. The van der Waals surface area contributed by atoms with Crippen molar-refractivity contribution in [3.63, 3.8) is 0 Å². The summed E-state index contributed by atoms with van der Waals surface area (Å²) < 4.78 is 15.5. The molecule has 21 heavy (non-hydrogen) atoms. The fraction of sp³-hybridized carbons (Fsp3) is 0.562. The Labute approximate surface area is 126 Å². The van der Waals surface area contributed by atoms with Crippen LogP contribution < -0.4 is 14.8 Å². The summed E-state index contributed by atoms with van der Waals surface area (Å²) in [6.45, 7) is 4.58. The van der Waals surface area contributed by atoms with Crippen molar-refractivity contribution in [3.05, 3.63) is 23.8 Å². The second-order valence-corrected chi connectivity index (χ2v) is 4.92. The van der Waals surface area contributed by atoms with Crippen LogP contribution in [0.25, 0.3) is 0 Å². The van der Waals surface area contributed by atoms with Gasteiger partial charge in [-0.3, -0.25) is 10.1 Å². The Morgan fingerprint density at radius 2 is 1.95 bits per heavy atom. The molecule has 1 aromatic rings. The van der Waals surface area contributed by atoms with E-state index in [0.717, 1.165) is 12.0 Å². The van der Waals surface area contributed by atoms with Gasteiger partial charge in [0.15, 0.2) is 11.5 Å². The lowest BCUT2D eigenvalue weighted by molar-refractivity contribution is -0.144. The number of nitrogens with one attached hydrogen (secondary N) is 1. The maximum Gasteiger partial charge on any atom is 0.323 e. The van der Waals surface area contributed by atoms with E-state index in [-0.39, 0.29) is 17.9 Å². The Hall–Kier alpha value is -1.75. The molecule has 0 aromatic heterocycles. The molecule has 118 valence electrons. The third kappa shape index (κ3) is 4.36. The van der Waals surface area contributed by atoms with Crippen LogP contribution in [0.5, 0.6) is 11.5 Å². The number of hydrogen-bond acceptors (Lipinski definition) is 5. The van der Waals surface area contributed by atoms with Crippen LogP contribution in [0.1, 0.15) is 25.8 Å². The molecule has 0 aliphatic heterocycles. The van der Waals surface area contributed by atoms with E-state index in [9.17, 15) is 4.79 Å². The van der Waals surface area contributed by atoms with Crippen molar-refractivity contribution in [1.82, 2.24) is 5.32 Å². The Morgan fingerprint density at radius 3 is 2.48 bits per heavy atom. The zero-order chi connectivity index (χ0) is 15.8. The molecule has 2 atom stereocenters. The third-order valence-electron chi connectivity index (χ3n) is 3.67. The minimum Gasteiger partial charge on any atom is -0.493 e. The van der Waals surface area contributed by atoms with Crippen LogP contribution in [0.15, 0.2) is 18.2 Å². The van der Waals surface area contributed by atoms with E-state index >= 15 is 0 Å². The second-order valence-electron chi connectivity index (χ2n) is 4.92. The van der Waals surface area contributed by atoms with Gasteiger partial charge < -0.3 is 14.2 Å². The molecule has 0 spiro atoms. The molecule has 0 bridgehead atoms. The van der Waals surface area contributed by atoms with Crippen molar-refractivity contribution in [2.24, 2.45) is 5.92 Å². The van der Waals surface area contributed by atoms with Crippen molar-refractivity contribution < 1.29 is 19.0 Å². The van der Waals surface area contributed by atoms with Crippen molar-refractivity contribution in [2.75, 3.05) is 21.3 Å². The van der Waals surface area contributed by atoms with Gasteiger partial charge in [0, 0.05) is 12.1 Å². The smallest absolute Gasteiger partial charge is 0.323 e. The predicted molar refractivity (Wildman–Crippen MR) is 81.6 cm³/mol. The van der Waals surface area contributed by atoms with Gasteiger partial charge in [0.2, 0.25) is 0 Å². The van der Waals surface area contributed by atoms with Crippen molar-refractivity contribution in [1.29, 1.82) is 0 Å².